The third kappa shape index (κ3) is 3.02. The summed E-state index contributed by atoms with van der Waals surface area (Å²) in [5.74, 6) is -1.07. The molecule has 1 heterocycles. The van der Waals surface area contributed by atoms with Crippen molar-refractivity contribution < 1.29 is 19.4 Å². The lowest BCUT2D eigenvalue weighted by atomic mass is 9.87. The Labute approximate surface area is 108 Å². The van der Waals surface area contributed by atoms with Gasteiger partial charge in [0, 0.05) is 18.9 Å². The van der Waals surface area contributed by atoms with Gasteiger partial charge in [-0.2, -0.15) is 0 Å². The first-order chi connectivity index (χ1) is 8.46. The molecule has 2 atom stereocenters. The van der Waals surface area contributed by atoms with Gasteiger partial charge in [-0.1, -0.05) is 33.6 Å². The summed E-state index contributed by atoms with van der Waals surface area (Å²) in [5.41, 5.74) is -1.22. The minimum Gasteiger partial charge on any atom is -0.479 e. The monoisotopic (exact) mass is 257 g/mol. The molecule has 104 valence electrons. The van der Waals surface area contributed by atoms with Gasteiger partial charge in [-0.05, 0) is 5.92 Å². The highest BCUT2D eigenvalue weighted by atomic mass is 16.5. The third-order valence-corrected chi connectivity index (χ3v) is 3.96. The van der Waals surface area contributed by atoms with Crippen LogP contribution in [0, 0.1) is 11.8 Å². The minimum atomic E-state index is -1.22. The zero-order valence-corrected chi connectivity index (χ0v) is 11.4. The van der Waals surface area contributed by atoms with Crippen molar-refractivity contribution in [1.82, 2.24) is 5.32 Å². The summed E-state index contributed by atoms with van der Waals surface area (Å²) in [6, 6.07) is 0. The second-order valence-corrected chi connectivity index (χ2v) is 5.04. The molecule has 0 aromatic carbocycles. The van der Waals surface area contributed by atoms with E-state index in [2.05, 4.69) is 5.32 Å². The van der Waals surface area contributed by atoms with Gasteiger partial charge in [0.2, 0.25) is 5.91 Å². The van der Waals surface area contributed by atoms with Gasteiger partial charge in [0.25, 0.3) is 0 Å². The number of carbonyl (C=O) groups is 2. The Kier molecular flexibility index (Phi) is 5.14. The zero-order valence-electron chi connectivity index (χ0n) is 11.4. The van der Waals surface area contributed by atoms with Gasteiger partial charge in [0.15, 0.2) is 5.54 Å². The molecule has 1 aliphatic rings. The number of ether oxygens (including phenoxy) is 1. The first kappa shape index (κ1) is 15.0. The molecule has 2 unspecified atom stereocenters. The minimum absolute atomic E-state index is 0.0592. The smallest absolute Gasteiger partial charge is 0.331 e. The van der Waals surface area contributed by atoms with Crippen LogP contribution in [0.3, 0.4) is 0 Å². The predicted octanol–water partition coefficient (Wildman–Crippen LogP) is 1.42. The number of nitrogens with one attached hydrogen (secondary N) is 1. The van der Waals surface area contributed by atoms with Crippen LogP contribution in [0.2, 0.25) is 0 Å². The van der Waals surface area contributed by atoms with Crippen molar-refractivity contribution in [2.45, 2.75) is 45.6 Å². The van der Waals surface area contributed by atoms with Crippen molar-refractivity contribution in [3.63, 3.8) is 0 Å². The van der Waals surface area contributed by atoms with Gasteiger partial charge >= 0.3 is 5.97 Å². The van der Waals surface area contributed by atoms with Crippen LogP contribution in [0.5, 0.6) is 0 Å². The van der Waals surface area contributed by atoms with E-state index >= 15 is 0 Å². The van der Waals surface area contributed by atoms with E-state index in [4.69, 9.17) is 4.74 Å². The molecule has 1 saturated heterocycles. The Morgan fingerprint density at radius 3 is 2.39 bits per heavy atom. The highest BCUT2D eigenvalue weighted by molar-refractivity contribution is 5.88. The van der Waals surface area contributed by atoms with Crippen LogP contribution in [0.4, 0.5) is 0 Å². The topological polar surface area (TPSA) is 75.6 Å². The fourth-order valence-electron chi connectivity index (χ4n) is 2.45. The fraction of sp³-hybridized carbons (Fsp3) is 0.846. The maximum atomic E-state index is 12.1. The highest BCUT2D eigenvalue weighted by Gasteiger charge is 2.44. The molecule has 0 saturated carbocycles. The van der Waals surface area contributed by atoms with Crippen LogP contribution in [0.15, 0.2) is 0 Å². The van der Waals surface area contributed by atoms with Gasteiger partial charge in [0.05, 0.1) is 6.61 Å². The average Bonchev–Trinajstić information content (AvgIpc) is 2.80. The van der Waals surface area contributed by atoms with E-state index in [0.29, 0.717) is 13.0 Å². The molecule has 0 aromatic heterocycles. The molecule has 5 heteroatoms. The third-order valence-electron chi connectivity index (χ3n) is 3.96. The van der Waals surface area contributed by atoms with Crippen molar-refractivity contribution in [3.8, 4) is 0 Å². The average molecular weight is 257 g/mol. The summed E-state index contributed by atoms with van der Waals surface area (Å²) in [6.07, 6.45) is 2.17. The Hall–Kier alpha value is -1.10. The van der Waals surface area contributed by atoms with Gasteiger partial charge < -0.3 is 15.2 Å². The molecule has 5 nitrogen and oxygen atoms in total. The Balaban J connectivity index is 2.70. The number of carboxylic acids is 1. The number of amides is 1. The standard InChI is InChI=1S/C13H23NO4/c1-4-10(5-2)9(3)11(15)14-13(12(16)17)6-7-18-8-13/h9-10H,4-8H2,1-3H3,(H,14,15)(H,16,17). The molecule has 18 heavy (non-hydrogen) atoms. The molecule has 0 bridgehead atoms. The molecule has 1 aliphatic heterocycles. The first-order valence-electron chi connectivity index (χ1n) is 6.60. The van der Waals surface area contributed by atoms with Crippen LogP contribution in [0.25, 0.3) is 0 Å². The molecule has 1 amide bonds. The second kappa shape index (κ2) is 6.18. The van der Waals surface area contributed by atoms with Crippen LogP contribution in [-0.2, 0) is 14.3 Å². The number of hydrogen-bond acceptors (Lipinski definition) is 3. The Morgan fingerprint density at radius 2 is 2.00 bits per heavy atom. The first-order valence-corrected chi connectivity index (χ1v) is 6.60. The van der Waals surface area contributed by atoms with Crippen molar-refractivity contribution in [3.05, 3.63) is 0 Å². The van der Waals surface area contributed by atoms with Crippen molar-refractivity contribution in [2.75, 3.05) is 13.2 Å². The van der Waals surface area contributed by atoms with Crippen molar-refractivity contribution in [2.24, 2.45) is 11.8 Å². The molecule has 1 fully saturated rings. The van der Waals surface area contributed by atoms with Gasteiger partial charge in [-0.15, -0.1) is 0 Å². The number of rotatable bonds is 6. The summed E-state index contributed by atoms with van der Waals surface area (Å²) in [6.45, 7) is 6.39. The van der Waals surface area contributed by atoms with Crippen LogP contribution in [0.1, 0.15) is 40.0 Å². The lowest BCUT2D eigenvalue weighted by Gasteiger charge is -2.28. The van der Waals surface area contributed by atoms with Crippen LogP contribution in [-0.4, -0.2) is 35.7 Å². The maximum absolute atomic E-state index is 12.1. The molecular formula is C13H23NO4. The second-order valence-electron chi connectivity index (χ2n) is 5.04. The summed E-state index contributed by atoms with van der Waals surface area (Å²) in [7, 11) is 0. The molecule has 0 radical (unpaired) electrons. The summed E-state index contributed by atoms with van der Waals surface area (Å²) in [4.78, 5) is 23.4. The summed E-state index contributed by atoms with van der Waals surface area (Å²) < 4.78 is 5.12. The molecule has 0 aromatic rings. The fourth-order valence-corrected chi connectivity index (χ4v) is 2.45. The number of aliphatic carboxylic acids is 1. The van der Waals surface area contributed by atoms with Gasteiger partial charge in [-0.3, -0.25) is 4.79 Å². The van der Waals surface area contributed by atoms with E-state index in [1.54, 1.807) is 0 Å². The maximum Gasteiger partial charge on any atom is 0.331 e. The van der Waals surface area contributed by atoms with Crippen LogP contribution >= 0.6 is 0 Å². The molecule has 2 N–H and O–H groups in total. The highest BCUT2D eigenvalue weighted by Crippen LogP contribution is 2.23. The van der Waals surface area contributed by atoms with E-state index < -0.39 is 11.5 Å². The van der Waals surface area contributed by atoms with E-state index in [-0.39, 0.29) is 24.3 Å². The Morgan fingerprint density at radius 1 is 1.39 bits per heavy atom. The molecule has 1 rings (SSSR count). The number of hydrogen-bond donors (Lipinski definition) is 2. The summed E-state index contributed by atoms with van der Waals surface area (Å²) >= 11 is 0. The largest absolute Gasteiger partial charge is 0.479 e. The SMILES string of the molecule is CCC(CC)C(C)C(=O)NC1(C(=O)O)CCOC1. The molecule has 0 aliphatic carbocycles. The summed E-state index contributed by atoms with van der Waals surface area (Å²) in [5, 5.41) is 11.9. The van der Waals surface area contributed by atoms with E-state index in [1.807, 2.05) is 20.8 Å². The van der Waals surface area contributed by atoms with Gasteiger partial charge in [-0.25, -0.2) is 4.79 Å². The molecule has 0 spiro atoms. The van der Waals surface area contributed by atoms with E-state index in [1.165, 1.54) is 0 Å². The number of carboxylic acid groups (broad SMARTS) is 1. The number of carbonyl (C=O) groups excluding carboxylic acids is 1. The van der Waals surface area contributed by atoms with E-state index in [0.717, 1.165) is 12.8 Å². The van der Waals surface area contributed by atoms with Crippen molar-refractivity contribution in [1.29, 1.82) is 0 Å². The lowest BCUT2D eigenvalue weighted by Crippen LogP contribution is -2.56. The zero-order chi connectivity index (χ0) is 13.8. The van der Waals surface area contributed by atoms with Crippen molar-refractivity contribution >= 4 is 11.9 Å². The van der Waals surface area contributed by atoms with Gasteiger partial charge in [0.1, 0.15) is 0 Å². The Bertz CT molecular complexity index is 306. The van der Waals surface area contributed by atoms with Crippen LogP contribution < -0.4 is 5.32 Å². The quantitative estimate of drug-likeness (QED) is 0.754. The predicted molar refractivity (Wildman–Crippen MR) is 67.2 cm³/mol. The normalized spacial score (nSPS) is 25.1. The van der Waals surface area contributed by atoms with E-state index in [9.17, 15) is 14.7 Å². The molecular weight excluding hydrogens is 234 g/mol. The lowest BCUT2D eigenvalue weighted by molar-refractivity contribution is -0.148.